The first-order chi connectivity index (χ1) is 8.38. The normalized spacial score (nSPS) is 11.4. The summed E-state index contributed by atoms with van der Waals surface area (Å²) in [5.74, 6) is 0. The van der Waals surface area contributed by atoms with Crippen molar-refractivity contribution in [3.8, 4) is 0 Å². The average Bonchev–Trinajstić information content (AvgIpc) is 2.62. The second-order valence-electron chi connectivity index (χ2n) is 3.76. The van der Waals surface area contributed by atoms with Crippen LogP contribution in [0.1, 0.15) is 10.6 Å². The molecule has 0 aliphatic heterocycles. The van der Waals surface area contributed by atoms with E-state index in [1.807, 2.05) is 0 Å². The number of hydrogen-bond acceptors (Lipinski definition) is 6. The Morgan fingerprint density at radius 3 is 2.56 bits per heavy atom. The fourth-order valence-corrected chi connectivity index (χ4v) is 3.53. The predicted molar refractivity (Wildman–Crippen MR) is 71.0 cm³/mol. The smallest absolute Gasteiger partial charge is 0.263 e. The van der Waals surface area contributed by atoms with Crippen molar-refractivity contribution in [1.29, 1.82) is 0 Å². The Bertz CT molecular complexity index is 679. The second kappa shape index (κ2) is 4.54. The number of nitrogens with zero attached hydrogens (tertiary/aromatic N) is 2. The lowest BCUT2D eigenvalue weighted by Gasteiger charge is -2.08. The highest BCUT2D eigenvalue weighted by Gasteiger charge is 2.18. The Kier molecular flexibility index (Phi) is 3.22. The summed E-state index contributed by atoms with van der Waals surface area (Å²) >= 11 is 1.18. The summed E-state index contributed by atoms with van der Waals surface area (Å²) in [5, 5.41) is 8.43. The number of anilines is 2. The quantitative estimate of drug-likeness (QED) is 0.833. The van der Waals surface area contributed by atoms with Crippen molar-refractivity contribution < 1.29 is 8.42 Å². The minimum absolute atomic E-state index is 0.185. The summed E-state index contributed by atoms with van der Waals surface area (Å²) in [4.78, 5) is 0.185. The Balaban J connectivity index is 2.36. The molecule has 3 N–H and O–H groups in total. The van der Waals surface area contributed by atoms with E-state index in [4.69, 9.17) is 5.73 Å². The molecular weight excluding hydrogens is 272 g/mol. The first kappa shape index (κ1) is 12.8. The Hall–Kier alpha value is -1.67. The fraction of sp³-hybridized carbons (Fsp3) is 0.200. The summed E-state index contributed by atoms with van der Waals surface area (Å²) in [7, 11) is -3.65. The van der Waals surface area contributed by atoms with Crippen LogP contribution in [0.3, 0.4) is 0 Å². The van der Waals surface area contributed by atoms with Crippen molar-refractivity contribution in [2.24, 2.45) is 0 Å². The minimum atomic E-state index is -3.65. The maximum absolute atomic E-state index is 12.1. The third kappa shape index (κ3) is 2.59. The highest BCUT2D eigenvalue weighted by molar-refractivity contribution is 7.93. The van der Waals surface area contributed by atoms with Crippen molar-refractivity contribution in [2.45, 2.75) is 18.7 Å². The van der Waals surface area contributed by atoms with Gasteiger partial charge in [0.2, 0.25) is 5.13 Å². The number of rotatable bonds is 3. The molecule has 1 heterocycles. The maximum atomic E-state index is 12.1. The lowest BCUT2D eigenvalue weighted by atomic mass is 10.2. The van der Waals surface area contributed by atoms with Crippen molar-refractivity contribution in [3.05, 3.63) is 28.8 Å². The average molecular weight is 284 g/mol. The predicted octanol–water partition coefficient (Wildman–Crippen LogP) is 1.54. The van der Waals surface area contributed by atoms with Gasteiger partial charge < -0.3 is 5.73 Å². The number of benzene rings is 1. The molecule has 18 heavy (non-hydrogen) atoms. The molecule has 0 bridgehead atoms. The van der Waals surface area contributed by atoms with E-state index < -0.39 is 10.0 Å². The molecule has 96 valence electrons. The van der Waals surface area contributed by atoms with E-state index in [1.54, 1.807) is 26.0 Å². The highest BCUT2D eigenvalue weighted by atomic mass is 32.2. The van der Waals surface area contributed by atoms with Crippen LogP contribution in [0.2, 0.25) is 0 Å². The monoisotopic (exact) mass is 284 g/mol. The van der Waals surface area contributed by atoms with Crippen LogP contribution < -0.4 is 10.5 Å². The van der Waals surface area contributed by atoms with Gasteiger partial charge in [-0.3, -0.25) is 4.72 Å². The van der Waals surface area contributed by atoms with Crippen LogP contribution in [0.25, 0.3) is 0 Å². The number of sulfonamides is 1. The van der Waals surface area contributed by atoms with Crippen LogP contribution in [0.5, 0.6) is 0 Å². The molecule has 0 atom stereocenters. The molecule has 6 nitrogen and oxygen atoms in total. The summed E-state index contributed by atoms with van der Waals surface area (Å²) in [6.07, 6.45) is 0. The lowest BCUT2D eigenvalue weighted by Crippen LogP contribution is -2.14. The molecule has 0 unspecified atom stereocenters. The number of nitrogens with two attached hydrogens (primary N) is 1. The molecule has 1 aromatic heterocycles. The van der Waals surface area contributed by atoms with Crippen molar-refractivity contribution in [2.75, 3.05) is 10.5 Å². The van der Waals surface area contributed by atoms with E-state index in [0.717, 1.165) is 0 Å². The molecule has 1 aromatic carbocycles. The van der Waals surface area contributed by atoms with Gasteiger partial charge in [-0.1, -0.05) is 11.3 Å². The van der Waals surface area contributed by atoms with Crippen LogP contribution in [0.4, 0.5) is 10.8 Å². The lowest BCUT2D eigenvalue weighted by molar-refractivity contribution is 0.600. The van der Waals surface area contributed by atoms with E-state index >= 15 is 0 Å². The Morgan fingerprint density at radius 2 is 2.00 bits per heavy atom. The number of nitrogen functional groups attached to an aromatic ring is 1. The minimum Gasteiger partial charge on any atom is -0.399 e. The van der Waals surface area contributed by atoms with Crippen molar-refractivity contribution >= 4 is 32.2 Å². The first-order valence-electron chi connectivity index (χ1n) is 5.07. The van der Waals surface area contributed by atoms with Gasteiger partial charge in [-0.15, -0.1) is 10.2 Å². The molecule has 0 aliphatic rings. The molecular formula is C10H12N4O2S2. The summed E-state index contributed by atoms with van der Waals surface area (Å²) < 4.78 is 26.7. The Labute approximate surface area is 109 Å². The fourth-order valence-electron chi connectivity index (χ4n) is 1.48. The van der Waals surface area contributed by atoms with Gasteiger partial charge in [0.05, 0.1) is 4.90 Å². The van der Waals surface area contributed by atoms with Crippen molar-refractivity contribution in [3.63, 3.8) is 0 Å². The van der Waals surface area contributed by atoms with Crippen LogP contribution >= 0.6 is 11.3 Å². The van der Waals surface area contributed by atoms with Gasteiger partial charge >= 0.3 is 0 Å². The van der Waals surface area contributed by atoms with Gasteiger partial charge in [0.25, 0.3) is 10.0 Å². The van der Waals surface area contributed by atoms with E-state index in [0.29, 0.717) is 16.3 Å². The number of aryl methyl sites for hydroxylation is 2. The summed E-state index contributed by atoms with van der Waals surface area (Å²) in [6, 6.07) is 4.63. The Morgan fingerprint density at radius 1 is 1.28 bits per heavy atom. The molecule has 0 spiro atoms. The van der Waals surface area contributed by atoms with E-state index in [-0.39, 0.29) is 10.0 Å². The molecule has 0 amide bonds. The van der Waals surface area contributed by atoms with E-state index in [1.165, 1.54) is 17.4 Å². The standard InChI is InChI=1S/C10H12N4O2S2/c1-6-5-8(11)3-4-9(6)18(15,16)14-10-13-12-7(2)17-10/h3-5H,11H2,1-2H3,(H,13,14). The molecule has 8 heteroatoms. The van der Waals surface area contributed by atoms with Gasteiger partial charge in [0.15, 0.2) is 0 Å². The van der Waals surface area contributed by atoms with Gasteiger partial charge in [-0.25, -0.2) is 8.42 Å². The highest BCUT2D eigenvalue weighted by Crippen LogP contribution is 2.22. The zero-order chi connectivity index (χ0) is 13.3. The number of nitrogens with one attached hydrogen (secondary N) is 1. The first-order valence-corrected chi connectivity index (χ1v) is 7.37. The van der Waals surface area contributed by atoms with Gasteiger partial charge in [-0.2, -0.15) is 0 Å². The van der Waals surface area contributed by atoms with Gasteiger partial charge in [0, 0.05) is 5.69 Å². The van der Waals surface area contributed by atoms with E-state index in [9.17, 15) is 8.42 Å². The molecule has 0 radical (unpaired) electrons. The summed E-state index contributed by atoms with van der Waals surface area (Å²) in [6.45, 7) is 3.44. The second-order valence-corrected chi connectivity index (χ2v) is 6.59. The molecule has 0 saturated carbocycles. The molecule has 2 rings (SSSR count). The van der Waals surface area contributed by atoms with Gasteiger partial charge in [0.1, 0.15) is 5.01 Å². The van der Waals surface area contributed by atoms with Gasteiger partial charge in [-0.05, 0) is 37.6 Å². The van der Waals surface area contributed by atoms with Crippen LogP contribution in [-0.2, 0) is 10.0 Å². The third-order valence-electron chi connectivity index (χ3n) is 2.24. The van der Waals surface area contributed by atoms with Crippen molar-refractivity contribution in [1.82, 2.24) is 10.2 Å². The van der Waals surface area contributed by atoms with E-state index in [2.05, 4.69) is 14.9 Å². The number of hydrogen-bond donors (Lipinski definition) is 2. The maximum Gasteiger partial charge on any atom is 0.263 e. The largest absolute Gasteiger partial charge is 0.399 e. The zero-order valence-electron chi connectivity index (χ0n) is 9.84. The topological polar surface area (TPSA) is 98.0 Å². The summed E-state index contributed by atoms with van der Waals surface area (Å²) in [5.41, 5.74) is 6.70. The molecule has 0 aliphatic carbocycles. The SMILES string of the molecule is Cc1nnc(NS(=O)(=O)c2ccc(N)cc2C)s1. The third-order valence-corrected chi connectivity index (χ3v) is 4.62. The molecule has 0 saturated heterocycles. The van der Waals surface area contributed by atoms with Crippen LogP contribution in [0.15, 0.2) is 23.1 Å². The molecule has 0 fully saturated rings. The zero-order valence-corrected chi connectivity index (χ0v) is 11.5. The number of aromatic nitrogens is 2. The van der Waals surface area contributed by atoms with Crippen LogP contribution in [0, 0.1) is 13.8 Å². The molecule has 2 aromatic rings. The van der Waals surface area contributed by atoms with Crippen LogP contribution in [-0.4, -0.2) is 18.6 Å².